The minimum absolute atomic E-state index is 0.458. The molecule has 0 atom stereocenters. The first-order chi connectivity index (χ1) is 5.63. The lowest BCUT2D eigenvalue weighted by atomic mass is 10.3. The summed E-state index contributed by atoms with van der Waals surface area (Å²) >= 11 is 0. The van der Waals surface area contributed by atoms with Crippen LogP contribution in [0, 0.1) is 0 Å². The maximum absolute atomic E-state index is 10.6. The molecule has 2 N–H and O–H groups in total. The molecular weight excluding hydrogens is 176 g/mol. The van der Waals surface area contributed by atoms with Crippen molar-refractivity contribution in [2.24, 2.45) is 0 Å². The summed E-state index contributed by atoms with van der Waals surface area (Å²) in [5, 5.41) is 0. The second-order valence-corrected chi connectivity index (χ2v) is 3.40. The van der Waals surface area contributed by atoms with E-state index in [1.165, 1.54) is 7.05 Å². The third-order valence-corrected chi connectivity index (χ3v) is 2.24. The second-order valence-electron chi connectivity index (χ2n) is 2.32. The third kappa shape index (κ3) is 1.68. The Hall–Kier alpha value is -1.23. The maximum atomic E-state index is 10.6. The fourth-order valence-corrected chi connectivity index (χ4v) is 1.23. The van der Waals surface area contributed by atoms with E-state index in [1.54, 1.807) is 24.3 Å². The molecule has 0 aliphatic rings. The summed E-state index contributed by atoms with van der Waals surface area (Å²) in [4.78, 5) is 0. The largest absolute Gasteiger partial charge is 0.397 e. The van der Waals surface area contributed by atoms with Crippen LogP contribution in [0.5, 0.6) is 0 Å². The lowest BCUT2D eigenvalue weighted by molar-refractivity contribution is 0.613. The van der Waals surface area contributed by atoms with Crippen molar-refractivity contribution in [3.05, 3.63) is 24.3 Å². The van der Waals surface area contributed by atoms with Crippen LogP contribution in [-0.4, -0.2) is 15.5 Å². The van der Waals surface area contributed by atoms with Gasteiger partial charge in [0.2, 0.25) is 10.9 Å². The van der Waals surface area contributed by atoms with E-state index in [2.05, 4.69) is 0 Å². The van der Waals surface area contributed by atoms with E-state index in [1.807, 2.05) is 0 Å². The lowest BCUT2D eigenvalue weighted by Crippen LogP contribution is -2.15. The van der Waals surface area contributed by atoms with Crippen LogP contribution >= 0.6 is 0 Å². The van der Waals surface area contributed by atoms with Crippen molar-refractivity contribution in [2.75, 3.05) is 17.1 Å². The van der Waals surface area contributed by atoms with Crippen molar-refractivity contribution < 1.29 is 8.42 Å². The van der Waals surface area contributed by atoms with Crippen LogP contribution in [-0.2, 0) is 10.9 Å². The standard InChI is InChI=1S/C7H10N2O2S/c1-9(12(10)11)7-5-3-2-4-6(7)8/h2-5,12H,8H2,1H3. The zero-order valence-corrected chi connectivity index (χ0v) is 7.49. The highest BCUT2D eigenvalue weighted by atomic mass is 32.2. The van der Waals surface area contributed by atoms with Crippen molar-refractivity contribution in [3.63, 3.8) is 0 Å². The van der Waals surface area contributed by atoms with Gasteiger partial charge in [0.05, 0.1) is 11.4 Å². The predicted octanol–water partition coefficient (Wildman–Crippen LogP) is 0.231. The van der Waals surface area contributed by atoms with Crippen LogP contribution in [0.25, 0.3) is 0 Å². The quantitative estimate of drug-likeness (QED) is 0.513. The number of nitrogens with two attached hydrogens (primary N) is 1. The number of rotatable bonds is 2. The summed E-state index contributed by atoms with van der Waals surface area (Å²) < 4.78 is 22.2. The topological polar surface area (TPSA) is 63.4 Å². The fraction of sp³-hybridized carbons (Fsp3) is 0.143. The minimum Gasteiger partial charge on any atom is -0.397 e. The second kappa shape index (κ2) is 3.44. The van der Waals surface area contributed by atoms with Gasteiger partial charge < -0.3 is 5.73 Å². The van der Waals surface area contributed by atoms with E-state index < -0.39 is 10.9 Å². The summed E-state index contributed by atoms with van der Waals surface area (Å²) in [5.74, 6) is 0. The van der Waals surface area contributed by atoms with Gasteiger partial charge in [0.25, 0.3) is 0 Å². The van der Waals surface area contributed by atoms with E-state index >= 15 is 0 Å². The number of hydrogen-bond donors (Lipinski definition) is 2. The number of para-hydroxylation sites is 2. The van der Waals surface area contributed by atoms with Gasteiger partial charge >= 0.3 is 0 Å². The predicted molar refractivity (Wildman–Crippen MR) is 49.6 cm³/mol. The van der Waals surface area contributed by atoms with Crippen molar-refractivity contribution in [3.8, 4) is 0 Å². The minimum atomic E-state index is -2.60. The molecule has 66 valence electrons. The molecular formula is C7H10N2O2S. The monoisotopic (exact) mass is 186 g/mol. The van der Waals surface area contributed by atoms with Crippen LogP contribution in [0.4, 0.5) is 11.4 Å². The highest BCUT2D eigenvalue weighted by Gasteiger charge is 2.04. The number of thiol groups is 1. The van der Waals surface area contributed by atoms with Crippen molar-refractivity contribution in [2.45, 2.75) is 0 Å². The van der Waals surface area contributed by atoms with Crippen molar-refractivity contribution in [1.82, 2.24) is 0 Å². The molecule has 0 radical (unpaired) electrons. The zero-order valence-electron chi connectivity index (χ0n) is 6.60. The summed E-state index contributed by atoms with van der Waals surface area (Å²) in [6.07, 6.45) is 0. The Balaban J connectivity index is 3.11. The van der Waals surface area contributed by atoms with Crippen molar-refractivity contribution in [1.29, 1.82) is 0 Å². The van der Waals surface area contributed by atoms with E-state index in [0.29, 0.717) is 11.4 Å². The molecule has 0 unspecified atom stereocenters. The number of anilines is 2. The van der Waals surface area contributed by atoms with Crippen LogP contribution in [0.2, 0.25) is 0 Å². The molecule has 0 saturated carbocycles. The molecule has 0 amide bonds. The van der Waals surface area contributed by atoms with Gasteiger partial charge in [-0.25, -0.2) is 8.42 Å². The zero-order chi connectivity index (χ0) is 9.14. The van der Waals surface area contributed by atoms with E-state index in [-0.39, 0.29) is 0 Å². The summed E-state index contributed by atoms with van der Waals surface area (Å²) in [6, 6.07) is 6.80. The first-order valence-corrected chi connectivity index (χ1v) is 4.48. The molecule has 5 heteroatoms. The molecule has 4 nitrogen and oxygen atoms in total. The van der Waals surface area contributed by atoms with Gasteiger partial charge in [-0.05, 0) is 12.1 Å². The maximum Gasteiger partial charge on any atom is 0.224 e. The molecule has 0 bridgehead atoms. The Bertz CT molecular complexity index is 341. The molecule has 0 heterocycles. The molecule has 0 aliphatic carbocycles. The smallest absolute Gasteiger partial charge is 0.224 e. The third-order valence-electron chi connectivity index (χ3n) is 1.53. The van der Waals surface area contributed by atoms with Crippen LogP contribution < -0.4 is 10.0 Å². The molecule has 0 saturated heterocycles. The van der Waals surface area contributed by atoms with Crippen LogP contribution in [0.15, 0.2) is 24.3 Å². The van der Waals surface area contributed by atoms with E-state index in [9.17, 15) is 8.42 Å². The molecule has 0 spiro atoms. The highest BCUT2D eigenvalue weighted by molar-refractivity contribution is 7.74. The number of benzene rings is 1. The Kier molecular flexibility index (Phi) is 2.54. The van der Waals surface area contributed by atoms with Gasteiger partial charge in [-0.2, -0.15) is 0 Å². The van der Waals surface area contributed by atoms with Gasteiger partial charge in [-0.15, -0.1) is 0 Å². The number of nitrogens with zero attached hydrogens (tertiary/aromatic N) is 1. The summed E-state index contributed by atoms with van der Waals surface area (Å²) in [7, 11) is -1.15. The highest BCUT2D eigenvalue weighted by Crippen LogP contribution is 2.20. The van der Waals surface area contributed by atoms with Gasteiger partial charge in [-0.1, -0.05) is 12.1 Å². The normalized spacial score (nSPS) is 10.2. The Labute approximate surface area is 72.7 Å². The van der Waals surface area contributed by atoms with Crippen LogP contribution in [0.1, 0.15) is 0 Å². The molecule has 0 aromatic heterocycles. The molecule has 1 aromatic carbocycles. The SMILES string of the molecule is CN(c1ccccc1N)[SH](=O)=O. The number of hydrogen-bond acceptors (Lipinski definition) is 3. The van der Waals surface area contributed by atoms with Crippen molar-refractivity contribution >= 4 is 22.3 Å². The molecule has 12 heavy (non-hydrogen) atoms. The van der Waals surface area contributed by atoms with Gasteiger partial charge in [0, 0.05) is 7.05 Å². The summed E-state index contributed by atoms with van der Waals surface area (Å²) in [6.45, 7) is 0. The first-order valence-electron chi connectivity index (χ1n) is 3.35. The van der Waals surface area contributed by atoms with E-state index in [0.717, 1.165) is 4.31 Å². The number of nitrogen functional groups attached to an aromatic ring is 1. The fourth-order valence-electron chi connectivity index (χ4n) is 0.870. The summed E-state index contributed by atoms with van der Waals surface area (Å²) in [5.41, 5.74) is 6.52. The Morgan fingerprint density at radius 3 is 2.42 bits per heavy atom. The van der Waals surface area contributed by atoms with Gasteiger partial charge in [0.1, 0.15) is 0 Å². The van der Waals surface area contributed by atoms with E-state index in [4.69, 9.17) is 5.73 Å². The molecule has 1 aromatic rings. The average Bonchev–Trinajstić information content (AvgIpc) is 2.04. The Morgan fingerprint density at radius 2 is 1.92 bits per heavy atom. The molecule has 0 aliphatic heterocycles. The average molecular weight is 186 g/mol. The lowest BCUT2D eigenvalue weighted by Gasteiger charge is -2.12. The Morgan fingerprint density at radius 1 is 1.33 bits per heavy atom. The first kappa shape index (κ1) is 8.86. The molecule has 0 fully saturated rings. The molecule has 1 rings (SSSR count). The van der Waals surface area contributed by atoms with Crippen LogP contribution in [0.3, 0.4) is 0 Å². The van der Waals surface area contributed by atoms with Gasteiger partial charge in [-0.3, -0.25) is 4.31 Å². The van der Waals surface area contributed by atoms with Gasteiger partial charge in [0.15, 0.2) is 0 Å².